The second-order valence-corrected chi connectivity index (χ2v) is 9.09. The van der Waals surface area contributed by atoms with Gasteiger partial charge in [-0.15, -0.1) is 5.10 Å². The van der Waals surface area contributed by atoms with Crippen molar-refractivity contribution < 1.29 is 0 Å². The van der Waals surface area contributed by atoms with Gasteiger partial charge in [-0.2, -0.15) is 0 Å². The molecule has 0 aliphatic heterocycles. The molecule has 0 unspecified atom stereocenters. The zero-order valence-corrected chi connectivity index (χ0v) is 20.7. The summed E-state index contributed by atoms with van der Waals surface area (Å²) in [5.74, 6) is 0.569. The van der Waals surface area contributed by atoms with Crippen LogP contribution in [0.25, 0.3) is 28.2 Å². The molecule has 0 aliphatic rings. The van der Waals surface area contributed by atoms with E-state index in [4.69, 9.17) is 0 Å². The molecule has 9 heteroatoms. The fourth-order valence-electron chi connectivity index (χ4n) is 4.05. The molecular formula is C25H22IN7O. The number of nitrogens with one attached hydrogen (secondary N) is 1. The minimum Gasteiger partial charge on any atom is -0.292 e. The van der Waals surface area contributed by atoms with E-state index in [2.05, 4.69) is 79.4 Å². The van der Waals surface area contributed by atoms with Gasteiger partial charge in [-0.25, -0.2) is 9.89 Å². The molecule has 0 atom stereocenters. The maximum Gasteiger partial charge on any atom is 0.333 e. The highest BCUT2D eigenvalue weighted by Crippen LogP contribution is 2.29. The number of tetrazole rings is 1. The lowest BCUT2D eigenvalue weighted by Crippen LogP contribution is -2.25. The molecule has 170 valence electrons. The third-order valence-electron chi connectivity index (χ3n) is 5.71. The van der Waals surface area contributed by atoms with Crippen LogP contribution in [0.1, 0.15) is 24.6 Å². The molecule has 1 N–H and O–H groups in total. The Hall–Kier alpha value is -3.60. The lowest BCUT2D eigenvalue weighted by atomic mass is 10.00. The predicted octanol–water partition coefficient (Wildman–Crippen LogP) is 4.49. The molecule has 0 saturated heterocycles. The first-order valence-corrected chi connectivity index (χ1v) is 12.1. The Balaban J connectivity index is 1.48. The summed E-state index contributed by atoms with van der Waals surface area (Å²) in [6, 6.07) is 18.1. The van der Waals surface area contributed by atoms with E-state index in [-0.39, 0.29) is 5.69 Å². The van der Waals surface area contributed by atoms with Crippen LogP contribution in [0, 0.1) is 3.57 Å². The maximum atomic E-state index is 13.4. The Bertz CT molecular complexity index is 1470. The smallest absolute Gasteiger partial charge is 0.292 e. The van der Waals surface area contributed by atoms with Gasteiger partial charge in [0.2, 0.25) is 0 Å². The highest BCUT2D eigenvalue weighted by molar-refractivity contribution is 14.1. The van der Waals surface area contributed by atoms with E-state index >= 15 is 0 Å². The molecule has 8 nitrogen and oxygen atoms in total. The highest BCUT2D eigenvalue weighted by atomic mass is 127. The van der Waals surface area contributed by atoms with Crippen LogP contribution in [0.15, 0.2) is 78.0 Å². The molecule has 34 heavy (non-hydrogen) atoms. The van der Waals surface area contributed by atoms with Gasteiger partial charge in [-0.3, -0.25) is 14.1 Å². The molecule has 0 aliphatic carbocycles. The van der Waals surface area contributed by atoms with Crippen LogP contribution in [0.2, 0.25) is 0 Å². The minimum atomic E-state index is -0.0223. The molecule has 2 aromatic carbocycles. The number of H-pyrrole nitrogens is 1. The van der Waals surface area contributed by atoms with Crippen molar-refractivity contribution in [2.45, 2.75) is 26.3 Å². The Kier molecular flexibility index (Phi) is 6.35. The Morgan fingerprint density at radius 1 is 1.03 bits per heavy atom. The molecule has 5 rings (SSSR count). The van der Waals surface area contributed by atoms with Crippen molar-refractivity contribution >= 4 is 22.6 Å². The van der Waals surface area contributed by atoms with Crippen molar-refractivity contribution in [2.24, 2.45) is 0 Å². The summed E-state index contributed by atoms with van der Waals surface area (Å²) in [4.78, 5) is 17.6. The first-order chi connectivity index (χ1) is 16.7. The van der Waals surface area contributed by atoms with Gasteiger partial charge in [-0.05, 0) is 74.3 Å². The van der Waals surface area contributed by atoms with Crippen LogP contribution in [0.5, 0.6) is 0 Å². The molecular weight excluding hydrogens is 541 g/mol. The highest BCUT2D eigenvalue weighted by Gasteiger charge is 2.15. The molecule has 0 radical (unpaired) electrons. The zero-order valence-electron chi connectivity index (χ0n) is 18.5. The van der Waals surface area contributed by atoms with Gasteiger partial charge in [-0.1, -0.05) is 49.7 Å². The first kappa shape index (κ1) is 22.2. The van der Waals surface area contributed by atoms with Crippen molar-refractivity contribution in [1.82, 2.24) is 34.7 Å². The lowest BCUT2D eigenvalue weighted by Gasteiger charge is -2.10. The number of para-hydroxylation sites is 1. The van der Waals surface area contributed by atoms with Crippen LogP contribution in [-0.4, -0.2) is 34.7 Å². The number of imidazole rings is 1. The van der Waals surface area contributed by atoms with Crippen molar-refractivity contribution in [3.8, 4) is 28.2 Å². The average Bonchev–Trinajstić information content (AvgIpc) is 3.50. The molecule has 5 aromatic rings. The third-order valence-corrected chi connectivity index (χ3v) is 6.62. The summed E-state index contributed by atoms with van der Waals surface area (Å²) >= 11 is 2.27. The van der Waals surface area contributed by atoms with Gasteiger partial charge in [0.05, 0.1) is 12.2 Å². The Morgan fingerprint density at radius 2 is 1.85 bits per heavy atom. The van der Waals surface area contributed by atoms with Gasteiger partial charge in [0.25, 0.3) is 0 Å². The standard InChI is InChI=1S/C25H22IN7O/c1-2-5-19-16-33(23-7-4-3-6-22(23)26)25(34)32(19)15-17-8-10-18(11-9-17)20-12-13-27-14-21(20)24-28-30-31-29-24/h3-4,6-14,16H,2,5,15H2,1H3,(H,28,29,30,31). The maximum absolute atomic E-state index is 13.4. The van der Waals surface area contributed by atoms with E-state index in [9.17, 15) is 4.79 Å². The number of benzene rings is 2. The van der Waals surface area contributed by atoms with Gasteiger partial charge in [0, 0.05) is 33.4 Å². The van der Waals surface area contributed by atoms with E-state index in [1.165, 1.54) is 0 Å². The molecule has 0 bridgehead atoms. The second-order valence-electron chi connectivity index (χ2n) is 7.93. The zero-order chi connectivity index (χ0) is 23.5. The first-order valence-electron chi connectivity index (χ1n) is 11.0. The van der Waals surface area contributed by atoms with Gasteiger partial charge >= 0.3 is 5.69 Å². The van der Waals surface area contributed by atoms with E-state index in [0.29, 0.717) is 12.4 Å². The van der Waals surface area contributed by atoms with Gasteiger partial charge in [0.15, 0.2) is 5.82 Å². The SMILES string of the molecule is CCCc1cn(-c2ccccc2I)c(=O)n1Cc1ccc(-c2ccncc2-c2nnn[nH]2)cc1. The summed E-state index contributed by atoms with van der Waals surface area (Å²) in [6.45, 7) is 2.64. The average molecular weight is 563 g/mol. The summed E-state index contributed by atoms with van der Waals surface area (Å²) in [5.41, 5.74) is 5.81. The Labute approximate surface area is 209 Å². The number of rotatable bonds is 7. The van der Waals surface area contributed by atoms with Crippen molar-refractivity contribution in [3.63, 3.8) is 0 Å². The van der Waals surface area contributed by atoms with Crippen LogP contribution in [0.4, 0.5) is 0 Å². The van der Waals surface area contributed by atoms with Gasteiger partial charge < -0.3 is 0 Å². The molecule has 0 saturated carbocycles. The quantitative estimate of drug-likeness (QED) is 0.295. The van der Waals surface area contributed by atoms with E-state index < -0.39 is 0 Å². The third kappa shape index (κ3) is 4.30. The van der Waals surface area contributed by atoms with Gasteiger partial charge in [0.1, 0.15) is 0 Å². The largest absolute Gasteiger partial charge is 0.333 e. The molecule has 0 fully saturated rings. The van der Waals surface area contributed by atoms with Crippen LogP contribution >= 0.6 is 22.6 Å². The molecule has 0 amide bonds. The number of aromatic amines is 1. The number of hydrogen-bond donors (Lipinski definition) is 1. The van der Waals surface area contributed by atoms with Crippen molar-refractivity contribution in [1.29, 1.82) is 0 Å². The normalized spacial score (nSPS) is 11.1. The fraction of sp³-hybridized carbons (Fsp3) is 0.160. The van der Waals surface area contributed by atoms with Crippen molar-refractivity contribution in [3.05, 3.63) is 98.5 Å². The summed E-state index contributed by atoms with van der Waals surface area (Å²) < 4.78 is 4.68. The monoisotopic (exact) mass is 563 g/mol. The van der Waals surface area contributed by atoms with Crippen LogP contribution in [0.3, 0.4) is 0 Å². The summed E-state index contributed by atoms with van der Waals surface area (Å²) in [7, 11) is 0. The fourth-order valence-corrected chi connectivity index (χ4v) is 4.70. The topological polar surface area (TPSA) is 94.3 Å². The van der Waals surface area contributed by atoms with Crippen LogP contribution < -0.4 is 5.69 Å². The number of nitrogens with zero attached hydrogens (tertiary/aromatic N) is 6. The Morgan fingerprint density at radius 3 is 2.59 bits per heavy atom. The van der Waals surface area contributed by atoms with E-state index in [1.807, 2.05) is 41.1 Å². The van der Waals surface area contributed by atoms with E-state index in [1.54, 1.807) is 17.0 Å². The summed E-state index contributed by atoms with van der Waals surface area (Å²) in [6.07, 6.45) is 7.29. The number of halogens is 1. The number of aryl methyl sites for hydroxylation is 1. The van der Waals surface area contributed by atoms with E-state index in [0.717, 1.165) is 50.0 Å². The molecule has 3 heterocycles. The lowest BCUT2D eigenvalue weighted by molar-refractivity contribution is 0.691. The second kappa shape index (κ2) is 9.72. The number of aromatic nitrogens is 7. The predicted molar refractivity (Wildman–Crippen MR) is 139 cm³/mol. The van der Waals surface area contributed by atoms with Crippen molar-refractivity contribution in [2.75, 3.05) is 0 Å². The number of hydrogen-bond acceptors (Lipinski definition) is 5. The summed E-state index contributed by atoms with van der Waals surface area (Å²) in [5, 5.41) is 14.2. The molecule has 0 spiro atoms. The van der Waals surface area contributed by atoms with Crippen LogP contribution in [-0.2, 0) is 13.0 Å². The molecule has 3 aromatic heterocycles. The minimum absolute atomic E-state index is 0.0223. The number of pyridine rings is 1.